The molecule has 0 spiro atoms. The number of hydrogen-bond donors (Lipinski definition) is 2. The van der Waals surface area contributed by atoms with Gasteiger partial charge in [0, 0.05) is 43.3 Å². The van der Waals surface area contributed by atoms with E-state index in [9.17, 15) is 5.11 Å². The first-order chi connectivity index (χ1) is 10.5. The van der Waals surface area contributed by atoms with Gasteiger partial charge in [0.25, 0.3) is 0 Å². The summed E-state index contributed by atoms with van der Waals surface area (Å²) in [5.41, 5.74) is 0.246. The van der Waals surface area contributed by atoms with Crippen LogP contribution in [0.1, 0.15) is 52.9 Å². The van der Waals surface area contributed by atoms with Crippen molar-refractivity contribution < 1.29 is 5.11 Å². The van der Waals surface area contributed by atoms with E-state index in [1.165, 1.54) is 31.4 Å². The molecule has 2 aliphatic rings. The summed E-state index contributed by atoms with van der Waals surface area (Å²) in [6.07, 6.45) is 5.92. The summed E-state index contributed by atoms with van der Waals surface area (Å²) < 4.78 is 0.296. The summed E-state index contributed by atoms with van der Waals surface area (Å²) in [7, 11) is 0. The van der Waals surface area contributed by atoms with Crippen LogP contribution in [-0.4, -0.2) is 59.3 Å². The van der Waals surface area contributed by atoms with Crippen LogP contribution in [0.3, 0.4) is 0 Å². The maximum Gasteiger partial charge on any atom is 0.194 e. The van der Waals surface area contributed by atoms with Crippen LogP contribution in [0.25, 0.3) is 0 Å². The lowest BCUT2D eigenvalue weighted by molar-refractivity contribution is 0.190. The average Bonchev–Trinajstić information content (AvgIpc) is 2.92. The Morgan fingerprint density at radius 3 is 2.64 bits per heavy atom. The largest absolute Gasteiger partial charge is 0.396 e. The molecular formula is C17H33N3OS. The monoisotopic (exact) mass is 327 g/mol. The minimum absolute atomic E-state index is 0.246. The summed E-state index contributed by atoms with van der Waals surface area (Å²) in [5, 5.41) is 12.9. The minimum atomic E-state index is 0.246. The molecule has 1 aliphatic carbocycles. The molecule has 0 unspecified atom stereocenters. The van der Waals surface area contributed by atoms with Gasteiger partial charge in [0.15, 0.2) is 5.96 Å². The fourth-order valence-corrected chi connectivity index (χ4v) is 4.83. The Morgan fingerprint density at radius 2 is 2.05 bits per heavy atom. The summed E-state index contributed by atoms with van der Waals surface area (Å²) in [6, 6.07) is 0. The molecule has 1 saturated carbocycles. The molecule has 128 valence electrons. The highest BCUT2D eigenvalue weighted by molar-refractivity contribution is 8.00. The van der Waals surface area contributed by atoms with Crippen LogP contribution in [0.2, 0.25) is 0 Å². The molecule has 0 aromatic carbocycles. The van der Waals surface area contributed by atoms with Crippen LogP contribution < -0.4 is 5.32 Å². The summed E-state index contributed by atoms with van der Waals surface area (Å²) in [6.45, 7) is 11.0. The van der Waals surface area contributed by atoms with Crippen molar-refractivity contribution in [1.29, 1.82) is 0 Å². The van der Waals surface area contributed by atoms with Crippen LogP contribution in [0, 0.1) is 5.41 Å². The predicted octanol–water partition coefficient (Wildman–Crippen LogP) is 2.72. The summed E-state index contributed by atoms with van der Waals surface area (Å²) in [4.78, 5) is 7.40. The van der Waals surface area contributed by atoms with E-state index < -0.39 is 0 Å². The van der Waals surface area contributed by atoms with E-state index >= 15 is 0 Å². The van der Waals surface area contributed by atoms with Gasteiger partial charge in [0.2, 0.25) is 0 Å². The number of aliphatic hydroxyl groups is 1. The third-order valence-corrected chi connectivity index (χ3v) is 6.23. The highest BCUT2D eigenvalue weighted by Gasteiger charge is 2.34. The van der Waals surface area contributed by atoms with Crippen LogP contribution in [0.15, 0.2) is 4.99 Å². The number of aliphatic imine (C=N–C) groups is 1. The molecule has 0 aromatic rings. The van der Waals surface area contributed by atoms with Gasteiger partial charge < -0.3 is 15.3 Å². The Hall–Kier alpha value is -0.420. The fourth-order valence-electron chi connectivity index (χ4n) is 3.72. The van der Waals surface area contributed by atoms with E-state index in [4.69, 9.17) is 4.99 Å². The normalized spacial score (nSPS) is 24.5. The molecule has 1 saturated heterocycles. The van der Waals surface area contributed by atoms with Crippen molar-refractivity contribution in [3.05, 3.63) is 0 Å². The van der Waals surface area contributed by atoms with Gasteiger partial charge in [0.1, 0.15) is 0 Å². The van der Waals surface area contributed by atoms with E-state index in [2.05, 4.69) is 42.7 Å². The van der Waals surface area contributed by atoms with Crippen LogP contribution in [0.4, 0.5) is 0 Å². The lowest BCUT2D eigenvalue weighted by Crippen LogP contribution is -2.51. The number of nitrogens with one attached hydrogen (secondary N) is 1. The Labute approximate surface area is 140 Å². The van der Waals surface area contributed by atoms with Gasteiger partial charge in [-0.1, -0.05) is 12.8 Å². The average molecular weight is 328 g/mol. The second-order valence-corrected chi connectivity index (χ2v) is 9.18. The first-order valence-corrected chi connectivity index (χ1v) is 9.77. The summed E-state index contributed by atoms with van der Waals surface area (Å²) in [5.74, 6) is 2.24. The highest BCUT2D eigenvalue weighted by Crippen LogP contribution is 2.41. The molecule has 0 aromatic heterocycles. The van der Waals surface area contributed by atoms with E-state index in [1.807, 2.05) is 0 Å². The third-order valence-electron chi connectivity index (χ3n) is 4.93. The van der Waals surface area contributed by atoms with Crippen molar-refractivity contribution in [1.82, 2.24) is 10.2 Å². The smallest absolute Gasteiger partial charge is 0.194 e. The van der Waals surface area contributed by atoms with Crippen molar-refractivity contribution in [2.24, 2.45) is 10.4 Å². The zero-order chi connectivity index (χ0) is 16.1. The molecule has 4 nitrogen and oxygen atoms in total. The first-order valence-electron chi connectivity index (χ1n) is 8.78. The molecule has 0 atom stereocenters. The molecule has 2 N–H and O–H groups in total. The first kappa shape index (κ1) is 17.9. The topological polar surface area (TPSA) is 47.9 Å². The molecule has 22 heavy (non-hydrogen) atoms. The van der Waals surface area contributed by atoms with E-state index in [0.717, 1.165) is 38.6 Å². The molecule has 0 radical (unpaired) electrons. The van der Waals surface area contributed by atoms with Crippen molar-refractivity contribution in [2.45, 2.75) is 57.6 Å². The minimum Gasteiger partial charge on any atom is -0.396 e. The molecule has 0 bridgehead atoms. The van der Waals surface area contributed by atoms with Gasteiger partial charge in [-0.05, 0) is 45.4 Å². The molecular weight excluding hydrogens is 294 g/mol. The molecule has 1 aliphatic heterocycles. The number of rotatable bonds is 5. The number of nitrogens with zero attached hydrogens (tertiary/aromatic N) is 2. The zero-order valence-electron chi connectivity index (χ0n) is 14.5. The van der Waals surface area contributed by atoms with E-state index in [-0.39, 0.29) is 5.41 Å². The van der Waals surface area contributed by atoms with Gasteiger partial charge in [-0.15, -0.1) is 0 Å². The number of aliphatic hydroxyl groups excluding tert-OH is 1. The Morgan fingerprint density at radius 1 is 1.32 bits per heavy atom. The molecule has 5 heteroatoms. The van der Waals surface area contributed by atoms with E-state index in [1.54, 1.807) is 0 Å². The van der Waals surface area contributed by atoms with Crippen molar-refractivity contribution >= 4 is 17.7 Å². The summed E-state index contributed by atoms with van der Waals surface area (Å²) >= 11 is 2.05. The predicted molar refractivity (Wildman–Crippen MR) is 96.7 cm³/mol. The molecule has 2 rings (SSSR count). The lowest BCUT2D eigenvalue weighted by atomic mass is 9.83. The van der Waals surface area contributed by atoms with Crippen molar-refractivity contribution in [3.8, 4) is 0 Å². The standard InChI is InChI=1S/C17H33N3OS/c1-4-18-15(20-10-12-22-16(2,3)14-20)19-13-17(9-11-21)7-5-6-8-17/h21H,4-14H2,1-3H3,(H,18,19). The third kappa shape index (κ3) is 4.79. The fraction of sp³-hybridized carbons (Fsp3) is 0.941. The van der Waals surface area contributed by atoms with Crippen LogP contribution in [0.5, 0.6) is 0 Å². The van der Waals surface area contributed by atoms with Crippen LogP contribution in [-0.2, 0) is 0 Å². The van der Waals surface area contributed by atoms with Gasteiger partial charge in [-0.2, -0.15) is 11.8 Å². The maximum absolute atomic E-state index is 9.40. The second kappa shape index (κ2) is 7.91. The number of hydrogen-bond acceptors (Lipinski definition) is 3. The van der Waals surface area contributed by atoms with E-state index in [0.29, 0.717) is 11.4 Å². The Balaban J connectivity index is 2.05. The van der Waals surface area contributed by atoms with Gasteiger partial charge >= 0.3 is 0 Å². The zero-order valence-corrected chi connectivity index (χ0v) is 15.3. The number of guanidine groups is 1. The van der Waals surface area contributed by atoms with Crippen molar-refractivity contribution in [2.75, 3.05) is 38.5 Å². The Kier molecular flexibility index (Phi) is 6.45. The lowest BCUT2D eigenvalue weighted by Gasteiger charge is -2.39. The molecule has 2 fully saturated rings. The van der Waals surface area contributed by atoms with Gasteiger partial charge in [0.05, 0.1) is 0 Å². The quantitative estimate of drug-likeness (QED) is 0.602. The molecule has 0 amide bonds. The molecule has 1 heterocycles. The second-order valence-electron chi connectivity index (χ2n) is 7.38. The number of thioether (sulfide) groups is 1. The SMILES string of the molecule is CCNC(=NCC1(CCO)CCCC1)N1CCSC(C)(C)C1. The van der Waals surface area contributed by atoms with Gasteiger partial charge in [-0.3, -0.25) is 4.99 Å². The maximum atomic E-state index is 9.40. The van der Waals surface area contributed by atoms with Gasteiger partial charge in [-0.25, -0.2) is 0 Å². The Bertz CT molecular complexity index is 378. The van der Waals surface area contributed by atoms with Crippen LogP contribution >= 0.6 is 11.8 Å². The highest BCUT2D eigenvalue weighted by atomic mass is 32.2. The van der Waals surface area contributed by atoms with Crippen molar-refractivity contribution in [3.63, 3.8) is 0 Å².